The summed E-state index contributed by atoms with van der Waals surface area (Å²) in [6.07, 6.45) is -4.76. The first kappa shape index (κ1) is 16.0. The van der Waals surface area contributed by atoms with Crippen molar-refractivity contribution in [3.05, 3.63) is 69.4 Å². The molecule has 0 bridgehead atoms. The molecular formula is C15H12BrF4N. The van der Waals surface area contributed by atoms with Crippen LogP contribution in [-0.4, -0.2) is 0 Å². The third-order valence-corrected chi connectivity index (χ3v) is 3.79. The zero-order valence-corrected chi connectivity index (χ0v) is 12.6. The Hall–Kier alpha value is -1.40. The van der Waals surface area contributed by atoms with E-state index in [4.69, 9.17) is 5.73 Å². The van der Waals surface area contributed by atoms with E-state index < -0.39 is 23.1 Å². The standard InChI is InChI=1S/C15H12BrF4N/c1-14(21,9-3-2-4-11(16)7-9)10-5-6-13(17)12(8-10)15(18,19)20/h2-8H,21H2,1H3. The van der Waals surface area contributed by atoms with E-state index in [1.807, 2.05) is 0 Å². The van der Waals surface area contributed by atoms with Gasteiger partial charge in [0.2, 0.25) is 0 Å². The summed E-state index contributed by atoms with van der Waals surface area (Å²) in [5, 5.41) is 0. The zero-order valence-electron chi connectivity index (χ0n) is 11.0. The predicted octanol–water partition coefficient (Wildman–Crippen LogP) is 4.83. The lowest BCUT2D eigenvalue weighted by molar-refractivity contribution is -0.140. The molecule has 1 nitrogen and oxygen atoms in total. The molecule has 0 aromatic heterocycles. The molecular weight excluding hydrogens is 350 g/mol. The number of benzene rings is 2. The van der Waals surface area contributed by atoms with Gasteiger partial charge in [0.25, 0.3) is 0 Å². The van der Waals surface area contributed by atoms with Crippen LogP contribution >= 0.6 is 15.9 Å². The Morgan fingerprint density at radius 2 is 1.62 bits per heavy atom. The average molecular weight is 362 g/mol. The van der Waals surface area contributed by atoms with Gasteiger partial charge < -0.3 is 5.73 Å². The second-order valence-corrected chi connectivity index (χ2v) is 5.82. The molecule has 21 heavy (non-hydrogen) atoms. The summed E-state index contributed by atoms with van der Waals surface area (Å²) in [6.45, 7) is 1.59. The lowest BCUT2D eigenvalue weighted by Crippen LogP contribution is -2.34. The highest BCUT2D eigenvalue weighted by atomic mass is 79.9. The molecule has 2 aromatic carbocycles. The summed E-state index contributed by atoms with van der Waals surface area (Å²) in [6, 6.07) is 9.77. The number of hydrogen-bond acceptors (Lipinski definition) is 1. The summed E-state index contributed by atoms with van der Waals surface area (Å²) < 4.78 is 52.5. The van der Waals surface area contributed by atoms with Gasteiger partial charge in [-0.1, -0.05) is 34.1 Å². The molecule has 0 radical (unpaired) electrons. The van der Waals surface area contributed by atoms with E-state index in [0.717, 1.165) is 16.6 Å². The molecule has 2 aromatic rings. The van der Waals surface area contributed by atoms with Gasteiger partial charge >= 0.3 is 6.18 Å². The van der Waals surface area contributed by atoms with E-state index in [0.29, 0.717) is 5.56 Å². The summed E-state index contributed by atoms with van der Waals surface area (Å²) in [7, 11) is 0. The largest absolute Gasteiger partial charge is 0.419 e. The van der Waals surface area contributed by atoms with Gasteiger partial charge in [-0.2, -0.15) is 13.2 Å². The van der Waals surface area contributed by atoms with Gasteiger partial charge in [-0.25, -0.2) is 4.39 Å². The number of rotatable bonds is 2. The molecule has 0 aliphatic rings. The van der Waals surface area contributed by atoms with Gasteiger partial charge in [-0.05, 0) is 42.3 Å². The summed E-state index contributed by atoms with van der Waals surface area (Å²) in [5.74, 6) is -1.31. The van der Waals surface area contributed by atoms with Crippen molar-refractivity contribution in [3.8, 4) is 0 Å². The van der Waals surface area contributed by atoms with Crippen LogP contribution in [0.5, 0.6) is 0 Å². The van der Waals surface area contributed by atoms with Gasteiger partial charge in [0, 0.05) is 4.47 Å². The van der Waals surface area contributed by atoms with E-state index in [-0.39, 0.29) is 5.56 Å². The number of hydrogen-bond donors (Lipinski definition) is 1. The van der Waals surface area contributed by atoms with Crippen molar-refractivity contribution in [2.75, 3.05) is 0 Å². The molecule has 0 saturated carbocycles. The highest BCUT2D eigenvalue weighted by molar-refractivity contribution is 9.10. The van der Waals surface area contributed by atoms with Crippen LogP contribution in [-0.2, 0) is 11.7 Å². The summed E-state index contributed by atoms with van der Waals surface area (Å²) >= 11 is 3.29. The van der Waals surface area contributed by atoms with Crippen LogP contribution in [0.4, 0.5) is 17.6 Å². The fourth-order valence-corrected chi connectivity index (χ4v) is 2.44. The third-order valence-electron chi connectivity index (χ3n) is 3.30. The van der Waals surface area contributed by atoms with Crippen LogP contribution in [0.15, 0.2) is 46.9 Å². The topological polar surface area (TPSA) is 26.0 Å². The maximum atomic E-state index is 13.4. The fourth-order valence-electron chi connectivity index (χ4n) is 2.04. The molecule has 6 heteroatoms. The molecule has 0 spiro atoms. The Balaban J connectivity index is 2.55. The molecule has 0 aliphatic heterocycles. The van der Waals surface area contributed by atoms with Gasteiger partial charge in [0.1, 0.15) is 5.82 Å². The van der Waals surface area contributed by atoms with Crippen molar-refractivity contribution in [1.29, 1.82) is 0 Å². The Kier molecular flexibility index (Phi) is 4.13. The molecule has 0 amide bonds. The van der Waals surface area contributed by atoms with E-state index in [2.05, 4.69) is 15.9 Å². The first-order valence-electron chi connectivity index (χ1n) is 6.04. The predicted molar refractivity (Wildman–Crippen MR) is 76.2 cm³/mol. The smallest absolute Gasteiger partial charge is 0.318 e. The Morgan fingerprint density at radius 1 is 1.00 bits per heavy atom. The molecule has 112 valence electrons. The number of nitrogens with two attached hydrogens (primary N) is 1. The van der Waals surface area contributed by atoms with Gasteiger partial charge in [-0.3, -0.25) is 0 Å². The molecule has 0 aliphatic carbocycles. The minimum Gasteiger partial charge on any atom is -0.318 e. The molecule has 1 atom stereocenters. The zero-order chi connectivity index (χ0) is 15.8. The lowest BCUT2D eigenvalue weighted by Gasteiger charge is -2.27. The second kappa shape index (κ2) is 5.42. The van der Waals surface area contributed by atoms with E-state index >= 15 is 0 Å². The van der Waals surface area contributed by atoms with Crippen LogP contribution in [0, 0.1) is 5.82 Å². The SMILES string of the molecule is CC(N)(c1cccc(Br)c1)c1ccc(F)c(C(F)(F)F)c1. The highest BCUT2D eigenvalue weighted by Crippen LogP contribution is 2.35. The van der Waals surface area contributed by atoms with Crippen LogP contribution < -0.4 is 5.73 Å². The van der Waals surface area contributed by atoms with Crippen molar-refractivity contribution in [3.63, 3.8) is 0 Å². The molecule has 0 heterocycles. The third kappa shape index (κ3) is 3.27. The highest BCUT2D eigenvalue weighted by Gasteiger charge is 2.36. The van der Waals surface area contributed by atoms with E-state index in [9.17, 15) is 17.6 Å². The monoisotopic (exact) mass is 361 g/mol. The average Bonchev–Trinajstić information content (AvgIpc) is 2.37. The molecule has 0 saturated heterocycles. The Morgan fingerprint density at radius 3 is 2.19 bits per heavy atom. The molecule has 1 unspecified atom stereocenters. The Labute approximate surface area is 127 Å². The van der Waals surface area contributed by atoms with Crippen molar-refractivity contribution < 1.29 is 17.6 Å². The van der Waals surface area contributed by atoms with Gasteiger partial charge in [0.15, 0.2) is 0 Å². The quantitative estimate of drug-likeness (QED) is 0.761. The summed E-state index contributed by atoms with van der Waals surface area (Å²) in [5.41, 5.74) is 4.51. The minimum atomic E-state index is -4.76. The summed E-state index contributed by atoms with van der Waals surface area (Å²) in [4.78, 5) is 0. The maximum absolute atomic E-state index is 13.4. The maximum Gasteiger partial charge on any atom is 0.419 e. The molecule has 2 N–H and O–H groups in total. The van der Waals surface area contributed by atoms with Gasteiger partial charge in [0.05, 0.1) is 11.1 Å². The van der Waals surface area contributed by atoms with Crippen molar-refractivity contribution >= 4 is 15.9 Å². The molecule has 2 rings (SSSR count). The lowest BCUT2D eigenvalue weighted by atomic mass is 9.85. The van der Waals surface area contributed by atoms with Crippen LogP contribution in [0.2, 0.25) is 0 Å². The Bertz CT molecular complexity index is 665. The second-order valence-electron chi connectivity index (χ2n) is 4.91. The fraction of sp³-hybridized carbons (Fsp3) is 0.200. The number of alkyl halides is 3. The van der Waals surface area contributed by atoms with Crippen LogP contribution in [0.1, 0.15) is 23.6 Å². The van der Waals surface area contributed by atoms with Crippen molar-refractivity contribution in [2.45, 2.75) is 18.6 Å². The van der Waals surface area contributed by atoms with Crippen molar-refractivity contribution in [2.24, 2.45) is 5.73 Å². The van der Waals surface area contributed by atoms with E-state index in [1.54, 1.807) is 31.2 Å². The molecule has 0 fully saturated rings. The normalized spacial score (nSPS) is 14.8. The minimum absolute atomic E-state index is 0.189. The first-order valence-corrected chi connectivity index (χ1v) is 6.84. The number of halogens is 5. The van der Waals surface area contributed by atoms with Crippen LogP contribution in [0.25, 0.3) is 0 Å². The van der Waals surface area contributed by atoms with Crippen LogP contribution in [0.3, 0.4) is 0 Å². The van der Waals surface area contributed by atoms with Gasteiger partial charge in [-0.15, -0.1) is 0 Å². The van der Waals surface area contributed by atoms with E-state index in [1.165, 1.54) is 6.07 Å². The first-order chi connectivity index (χ1) is 9.62. The van der Waals surface area contributed by atoms with Crippen molar-refractivity contribution in [1.82, 2.24) is 0 Å².